The van der Waals surface area contributed by atoms with Gasteiger partial charge in [0, 0.05) is 29.3 Å². The second kappa shape index (κ2) is 5.38. The van der Waals surface area contributed by atoms with Gasteiger partial charge < -0.3 is 10.5 Å². The van der Waals surface area contributed by atoms with Gasteiger partial charge in [-0.1, -0.05) is 12.1 Å². The molecule has 1 fully saturated rings. The Labute approximate surface area is 111 Å². The SMILES string of the molecule is CC1CN(Cc2cccc(N)c2Br)C(C)CO1. The van der Waals surface area contributed by atoms with Crippen LogP contribution in [0.1, 0.15) is 19.4 Å². The number of nitrogens with two attached hydrogens (primary N) is 1. The average Bonchev–Trinajstić information content (AvgIpc) is 2.30. The lowest BCUT2D eigenvalue weighted by atomic mass is 10.1. The van der Waals surface area contributed by atoms with E-state index in [0.717, 1.165) is 29.9 Å². The fourth-order valence-corrected chi connectivity index (χ4v) is 2.52. The van der Waals surface area contributed by atoms with Gasteiger partial charge in [0.2, 0.25) is 0 Å². The van der Waals surface area contributed by atoms with Gasteiger partial charge in [-0.15, -0.1) is 0 Å². The minimum absolute atomic E-state index is 0.311. The molecule has 1 saturated heterocycles. The summed E-state index contributed by atoms with van der Waals surface area (Å²) in [6, 6.07) is 6.50. The zero-order chi connectivity index (χ0) is 12.4. The van der Waals surface area contributed by atoms with Gasteiger partial charge in [-0.05, 0) is 41.4 Å². The topological polar surface area (TPSA) is 38.5 Å². The van der Waals surface area contributed by atoms with Crippen molar-refractivity contribution in [3.05, 3.63) is 28.2 Å². The van der Waals surface area contributed by atoms with Crippen molar-refractivity contribution >= 4 is 21.6 Å². The van der Waals surface area contributed by atoms with E-state index in [-0.39, 0.29) is 0 Å². The van der Waals surface area contributed by atoms with E-state index in [0.29, 0.717) is 12.1 Å². The molecule has 3 nitrogen and oxygen atoms in total. The molecule has 0 saturated carbocycles. The monoisotopic (exact) mass is 298 g/mol. The third-order valence-corrected chi connectivity index (χ3v) is 4.19. The van der Waals surface area contributed by atoms with Gasteiger partial charge in [-0.25, -0.2) is 0 Å². The number of halogens is 1. The Morgan fingerprint density at radius 2 is 2.24 bits per heavy atom. The molecule has 4 heteroatoms. The number of rotatable bonds is 2. The maximum absolute atomic E-state index is 5.90. The van der Waals surface area contributed by atoms with Crippen LogP contribution >= 0.6 is 15.9 Å². The van der Waals surface area contributed by atoms with E-state index in [4.69, 9.17) is 10.5 Å². The standard InChI is InChI=1S/C13H19BrN2O/c1-9-8-17-10(2)6-16(9)7-11-4-3-5-12(15)13(11)14/h3-5,9-10H,6-8,15H2,1-2H3. The summed E-state index contributed by atoms with van der Waals surface area (Å²) in [7, 11) is 0. The summed E-state index contributed by atoms with van der Waals surface area (Å²) >= 11 is 3.56. The molecular weight excluding hydrogens is 280 g/mol. The van der Waals surface area contributed by atoms with Crippen LogP contribution in [0.2, 0.25) is 0 Å². The summed E-state index contributed by atoms with van der Waals surface area (Å²) in [6.45, 7) is 7.02. The van der Waals surface area contributed by atoms with Crippen molar-refractivity contribution in [1.82, 2.24) is 4.90 Å². The van der Waals surface area contributed by atoms with Crippen molar-refractivity contribution in [2.75, 3.05) is 18.9 Å². The Morgan fingerprint density at radius 3 is 3.00 bits per heavy atom. The van der Waals surface area contributed by atoms with Gasteiger partial charge in [-0.2, -0.15) is 0 Å². The molecule has 1 heterocycles. The summed E-state index contributed by atoms with van der Waals surface area (Å²) in [5, 5.41) is 0. The third-order valence-electron chi connectivity index (χ3n) is 3.22. The van der Waals surface area contributed by atoms with E-state index < -0.39 is 0 Å². The first-order valence-electron chi connectivity index (χ1n) is 5.96. The molecule has 2 atom stereocenters. The smallest absolute Gasteiger partial charge is 0.0674 e. The van der Waals surface area contributed by atoms with Crippen LogP contribution in [0.15, 0.2) is 22.7 Å². The Hall–Kier alpha value is -0.580. The minimum Gasteiger partial charge on any atom is -0.398 e. The van der Waals surface area contributed by atoms with Gasteiger partial charge in [0.25, 0.3) is 0 Å². The summed E-state index contributed by atoms with van der Waals surface area (Å²) in [6.07, 6.45) is 0.311. The highest BCUT2D eigenvalue weighted by Crippen LogP contribution is 2.26. The van der Waals surface area contributed by atoms with Crippen LogP contribution in [0.5, 0.6) is 0 Å². The van der Waals surface area contributed by atoms with Crippen molar-refractivity contribution in [2.24, 2.45) is 0 Å². The maximum Gasteiger partial charge on any atom is 0.0674 e. The van der Waals surface area contributed by atoms with Gasteiger partial charge in [0.1, 0.15) is 0 Å². The molecule has 0 spiro atoms. The van der Waals surface area contributed by atoms with Crippen LogP contribution in [-0.4, -0.2) is 30.2 Å². The highest BCUT2D eigenvalue weighted by molar-refractivity contribution is 9.10. The quantitative estimate of drug-likeness (QED) is 0.853. The van der Waals surface area contributed by atoms with Gasteiger partial charge >= 0.3 is 0 Å². The average molecular weight is 299 g/mol. The van der Waals surface area contributed by atoms with E-state index >= 15 is 0 Å². The molecule has 0 bridgehead atoms. The van der Waals surface area contributed by atoms with E-state index in [1.165, 1.54) is 5.56 Å². The van der Waals surface area contributed by atoms with Crippen LogP contribution in [0, 0.1) is 0 Å². The Kier molecular flexibility index (Phi) is 4.07. The number of hydrogen-bond acceptors (Lipinski definition) is 3. The number of nitrogens with zero attached hydrogens (tertiary/aromatic N) is 1. The molecule has 94 valence electrons. The van der Waals surface area contributed by atoms with Crippen LogP contribution in [-0.2, 0) is 11.3 Å². The molecule has 2 rings (SSSR count). The molecule has 2 unspecified atom stereocenters. The molecule has 1 aromatic rings. The van der Waals surface area contributed by atoms with Gasteiger partial charge in [-0.3, -0.25) is 4.90 Å². The van der Waals surface area contributed by atoms with Crippen molar-refractivity contribution in [2.45, 2.75) is 32.5 Å². The number of hydrogen-bond donors (Lipinski definition) is 1. The molecule has 1 aromatic carbocycles. The van der Waals surface area contributed by atoms with Crippen molar-refractivity contribution in [3.8, 4) is 0 Å². The molecular formula is C13H19BrN2O. The van der Waals surface area contributed by atoms with E-state index in [1.54, 1.807) is 0 Å². The van der Waals surface area contributed by atoms with E-state index in [1.807, 2.05) is 12.1 Å². The maximum atomic E-state index is 5.90. The van der Waals surface area contributed by atoms with E-state index in [2.05, 4.69) is 40.7 Å². The van der Waals surface area contributed by atoms with Gasteiger partial charge in [0.05, 0.1) is 12.7 Å². The highest BCUT2D eigenvalue weighted by Gasteiger charge is 2.23. The molecule has 0 radical (unpaired) electrons. The normalized spacial score (nSPS) is 26.1. The molecule has 1 aliphatic rings. The molecule has 2 N–H and O–H groups in total. The summed E-state index contributed by atoms with van der Waals surface area (Å²) < 4.78 is 6.65. The fraction of sp³-hybridized carbons (Fsp3) is 0.538. The third kappa shape index (κ3) is 3.00. The summed E-state index contributed by atoms with van der Waals surface area (Å²) in [5.74, 6) is 0. The molecule has 0 aliphatic carbocycles. The van der Waals surface area contributed by atoms with Crippen LogP contribution in [0.4, 0.5) is 5.69 Å². The zero-order valence-electron chi connectivity index (χ0n) is 10.3. The molecule has 17 heavy (non-hydrogen) atoms. The Morgan fingerprint density at radius 1 is 1.47 bits per heavy atom. The van der Waals surface area contributed by atoms with Crippen molar-refractivity contribution in [3.63, 3.8) is 0 Å². The molecule has 0 amide bonds. The van der Waals surface area contributed by atoms with Crippen LogP contribution < -0.4 is 5.73 Å². The minimum atomic E-state index is 0.311. The number of benzene rings is 1. The van der Waals surface area contributed by atoms with E-state index in [9.17, 15) is 0 Å². The number of morpholine rings is 1. The summed E-state index contributed by atoms with van der Waals surface area (Å²) in [5.41, 5.74) is 7.94. The highest BCUT2D eigenvalue weighted by atomic mass is 79.9. The second-order valence-electron chi connectivity index (χ2n) is 4.74. The predicted molar refractivity (Wildman–Crippen MR) is 73.8 cm³/mol. The largest absolute Gasteiger partial charge is 0.398 e. The fourth-order valence-electron chi connectivity index (χ4n) is 2.13. The Bertz CT molecular complexity index is 397. The first-order valence-corrected chi connectivity index (χ1v) is 6.75. The lowest BCUT2D eigenvalue weighted by Gasteiger charge is -2.37. The number of nitrogen functional groups attached to an aromatic ring is 1. The zero-order valence-corrected chi connectivity index (χ0v) is 11.9. The lowest BCUT2D eigenvalue weighted by molar-refractivity contribution is -0.0527. The lowest BCUT2D eigenvalue weighted by Crippen LogP contribution is -2.46. The summed E-state index contributed by atoms with van der Waals surface area (Å²) in [4.78, 5) is 2.44. The van der Waals surface area contributed by atoms with Crippen molar-refractivity contribution in [1.29, 1.82) is 0 Å². The van der Waals surface area contributed by atoms with Crippen molar-refractivity contribution < 1.29 is 4.74 Å². The predicted octanol–water partition coefficient (Wildman–Crippen LogP) is 2.64. The Balaban J connectivity index is 2.11. The van der Waals surface area contributed by atoms with Crippen LogP contribution in [0.25, 0.3) is 0 Å². The number of ether oxygens (including phenoxy) is 1. The molecule has 1 aliphatic heterocycles. The van der Waals surface area contributed by atoms with Crippen LogP contribution in [0.3, 0.4) is 0 Å². The molecule has 0 aromatic heterocycles. The number of anilines is 1. The first kappa shape index (κ1) is 12.9. The second-order valence-corrected chi connectivity index (χ2v) is 5.54. The van der Waals surface area contributed by atoms with Gasteiger partial charge in [0.15, 0.2) is 0 Å². The first-order chi connectivity index (χ1) is 8.08.